The minimum atomic E-state index is -0.169. The zero-order valence-corrected chi connectivity index (χ0v) is 18.3. The number of nitrogens with zero attached hydrogens (tertiary/aromatic N) is 2. The molecule has 7 heteroatoms. The molecule has 1 saturated heterocycles. The Morgan fingerprint density at radius 3 is 2.29 bits per heavy atom. The molecular formula is C21H21BrN2O3S. The van der Waals surface area contributed by atoms with Crippen LogP contribution in [-0.4, -0.2) is 36.2 Å². The van der Waals surface area contributed by atoms with Crippen LogP contribution >= 0.6 is 28.1 Å². The van der Waals surface area contributed by atoms with Crippen LogP contribution in [0.4, 0.5) is 5.69 Å². The van der Waals surface area contributed by atoms with Crippen LogP contribution in [0.5, 0.6) is 11.5 Å². The Hall–Kier alpha value is -2.38. The van der Waals surface area contributed by atoms with Crippen LogP contribution in [0.25, 0.3) is 6.08 Å². The molecular weight excluding hydrogens is 440 g/mol. The number of thiocarbonyl (C=S) groups is 1. The minimum Gasteiger partial charge on any atom is -0.490 e. The summed E-state index contributed by atoms with van der Waals surface area (Å²) in [5.41, 5.74) is 2.04. The summed E-state index contributed by atoms with van der Waals surface area (Å²) in [6, 6.07) is 13.1. The fraction of sp³-hybridized carbons (Fsp3) is 0.238. The first-order valence-corrected chi connectivity index (χ1v) is 10.2. The highest BCUT2D eigenvalue weighted by Crippen LogP contribution is 2.36. The lowest BCUT2D eigenvalue weighted by Crippen LogP contribution is -2.30. The molecule has 1 aliphatic rings. The maximum absolute atomic E-state index is 13.1. The molecule has 1 fully saturated rings. The number of anilines is 1. The first-order valence-electron chi connectivity index (χ1n) is 8.96. The highest BCUT2D eigenvalue weighted by molar-refractivity contribution is 9.10. The lowest BCUT2D eigenvalue weighted by atomic mass is 10.1. The maximum atomic E-state index is 13.1. The number of likely N-dealkylation sites (N-methyl/N-ethyl adjacent to an activating group) is 1. The average molecular weight is 461 g/mol. The van der Waals surface area contributed by atoms with Crippen LogP contribution in [-0.2, 0) is 4.79 Å². The molecule has 2 aromatic carbocycles. The van der Waals surface area contributed by atoms with E-state index in [0.717, 1.165) is 15.7 Å². The quantitative estimate of drug-likeness (QED) is 0.455. The van der Waals surface area contributed by atoms with E-state index in [1.54, 1.807) is 18.0 Å². The van der Waals surface area contributed by atoms with Crippen LogP contribution in [0.15, 0.2) is 52.6 Å². The van der Waals surface area contributed by atoms with E-state index in [2.05, 4.69) is 15.9 Å². The van der Waals surface area contributed by atoms with Crippen molar-refractivity contribution in [3.05, 3.63) is 58.2 Å². The first kappa shape index (κ1) is 20.4. The van der Waals surface area contributed by atoms with Crippen molar-refractivity contribution in [1.29, 1.82) is 0 Å². The molecule has 0 aliphatic carbocycles. The second kappa shape index (κ2) is 8.75. The molecule has 146 valence electrons. The molecule has 0 N–H and O–H groups in total. The van der Waals surface area contributed by atoms with Gasteiger partial charge in [-0.3, -0.25) is 9.69 Å². The molecule has 0 spiro atoms. The van der Waals surface area contributed by atoms with Gasteiger partial charge in [-0.1, -0.05) is 34.1 Å². The summed E-state index contributed by atoms with van der Waals surface area (Å²) in [5, 5.41) is 0.439. The van der Waals surface area contributed by atoms with Crippen molar-refractivity contribution in [1.82, 2.24) is 4.90 Å². The summed E-state index contributed by atoms with van der Waals surface area (Å²) in [5.74, 6) is 1.12. The Balaban J connectivity index is 2.02. The van der Waals surface area contributed by atoms with E-state index < -0.39 is 0 Å². The zero-order chi connectivity index (χ0) is 20.3. The summed E-state index contributed by atoms with van der Waals surface area (Å²) in [6.07, 6.45) is 1.81. The van der Waals surface area contributed by atoms with E-state index in [1.807, 2.05) is 56.3 Å². The fourth-order valence-electron chi connectivity index (χ4n) is 2.91. The second-order valence-corrected chi connectivity index (χ2v) is 7.25. The zero-order valence-electron chi connectivity index (χ0n) is 15.9. The van der Waals surface area contributed by atoms with E-state index in [0.29, 0.717) is 35.5 Å². The number of hydrogen-bond acceptors (Lipinski definition) is 4. The summed E-state index contributed by atoms with van der Waals surface area (Å²) in [4.78, 5) is 16.3. The van der Waals surface area contributed by atoms with Crippen molar-refractivity contribution >= 4 is 50.9 Å². The standard InChI is InChI=1S/C21H21BrN2O3S/c1-4-26-18-12-14(16(22)13-19(18)27-5-2)11-17-20(25)24(21(28)23(17)3)15-9-7-6-8-10-15/h6-13H,4-5H2,1-3H3/b17-11-. The van der Waals surface area contributed by atoms with Crippen molar-refractivity contribution in [3.63, 3.8) is 0 Å². The van der Waals surface area contributed by atoms with Gasteiger partial charge in [0.1, 0.15) is 5.70 Å². The predicted octanol–water partition coefficient (Wildman–Crippen LogP) is 4.85. The number of carbonyl (C=O) groups excluding carboxylic acids is 1. The Labute approximate surface area is 178 Å². The number of carbonyl (C=O) groups is 1. The Morgan fingerprint density at radius 2 is 1.68 bits per heavy atom. The highest BCUT2D eigenvalue weighted by atomic mass is 79.9. The first-order chi connectivity index (χ1) is 13.5. The molecule has 1 amide bonds. The van der Waals surface area contributed by atoms with Gasteiger partial charge in [-0.25, -0.2) is 0 Å². The Kier molecular flexibility index (Phi) is 6.36. The number of para-hydroxylation sites is 1. The number of rotatable bonds is 6. The van der Waals surface area contributed by atoms with Crippen LogP contribution in [0, 0.1) is 0 Å². The summed E-state index contributed by atoms with van der Waals surface area (Å²) in [6.45, 7) is 4.89. The van der Waals surface area contributed by atoms with Crippen molar-refractivity contribution < 1.29 is 14.3 Å². The lowest BCUT2D eigenvalue weighted by molar-refractivity contribution is -0.114. The van der Waals surface area contributed by atoms with Gasteiger partial charge < -0.3 is 14.4 Å². The predicted molar refractivity (Wildman–Crippen MR) is 119 cm³/mol. The largest absolute Gasteiger partial charge is 0.490 e. The molecule has 28 heavy (non-hydrogen) atoms. The number of ether oxygens (including phenoxy) is 2. The fourth-order valence-corrected chi connectivity index (χ4v) is 3.63. The summed E-state index contributed by atoms with van der Waals surface area (Å²) >= 11 is 9.07. The summed E-state index contributed by atoms with van der Waals surface area (Å²) in [7, 11) is 1.79. The van der Waals surface area contributed by atoms with E-state index in [9.17, 15) is 4.79 Å². The number of benzene rings is 2. The molecule has 0 atom stereocenters. The van der Waals surface area contributed by atoms with Crippen LogP contribution in [0.2, 0.25) is 0 Å². The van der Waals surface area contributed by atoms with E-state index in [1.165, 1.54) is 4.90 Å². The second-order valence-electron chi connectivity index (χ2n) is 6.03. The van der Waals surface area contributed by atoms with E-state index in [4.69, 9.17) is 21.7 Å². The molecule has 5 nitrogen and oxygen atoms in total. The van der Waals surface area contributed by atoms with Gasteiger partial charge in [-0.05, 0) is 62.0 Å². The number of hydrogen-bond donors (Lipinski definition) is 0. The van der Waals surface area contributed by atoms with E-state index in [-0.39, 0.29) is 5.91 Å². The number of halogens is 1. The molecule has 1 heterocycles. The molecule has 3 rings (SSSR count). The smallest absolute Gasteiger partial charge is 0.281 e. The Bertz CT molecular complexity index is 931. The van der Waals surface area contributed by atoms with Gasteiger partial charge in [0.25, 0.3) is 5.91 Å². The monoisotopic (exact) mass is 460 g/mol. The molecule has 0 radical (unpaired) electrons. The van der Waals surface area contributed by atoms with Crippen molar-refractivity contribution in [2.75, 3.05) is 25.2 Å². The highest BCUT2D eigenvalue weighted by Gasteiger charge is 2.36. The maximum Gasteiger partial charge on any atom is 0.281 e. The third-order valence-electron chi connectivity index (χ3n) is 4.23. The normalized spacial score (nSPS) is 15.5. The SMILES string of the molecule is CCOc1cc(Br)c(/C=C2/C(=O)N(c3ccccc3)C(=S)N2C)cc1OCC. The van der Waals surface area contributed by atoms with Crippen LogP contribution in [0.1, 0.15) is 19.4 Å². The van der Waals surface area contributed by atoms with Crippen molar-refractivity contribution in [2.24, 2.45) is 0 Å². The molecule has 1 aliphatic heterocycles. The van der Waals surface area contributed by atoms with Gasteiger partial charge >= 0.3 is 0 Å². The lowest BCUT2D eigenvalue weighted by Gasteiger charge is -2.16. The van der Waals surface area contributed by atoms with Gasteiger partial charge in [0.05, 0.1) is 18.9 Å². The molecule has 0 unspecified atom stereocenters. The van der Waals surface area contributed by atoms with Gasteiger partial charge in [-0.2, -0.15) is 0 Å². The molecule has 0 saturated carbocycles. The van der Waals surface area contributed by atoms with Gasteiger partial charge in [0, 0.05) is 11.5 Å². The minimum absolute atomic E-state index is 0.169. The summed E-state index contributed by atoms with van der Waals surface area (Å²) < 4.78 is 12.2. The number of amides is 1. The van der Waals surface area contributed by atoms with Crippen LogP contribution < -0.4 is 14.4 Å². The molecule has 0 bridgehead atoms. The third kappa shape index (κ3) is 3.91. The van der Waals surface area contributed by atoms with E-state index >= 15 is 0 Å². The Morgan fingerprint density at radius 1 is 1.07 bits per heavy atom. The topological polar surface area (TPSA) is 42.0 Å². The van der Waals surface area contributed by atoms with Crippen molar-refractivity contribution in [2.45, 2.75) is 13.8 Å². The van der Waals surface area contributed by atoms with Gasteiger partial charge in [0.15, 0.2) is 16.6 Å². The van der Waals surface area contributed by atoms with Crippen LogP contribution in [0.3, 0.4) is 0 Å². The van der Waals surface area contributed by atoms with Gasteiger partial charge in [0.2, 0.25) is 0 Å². The average Bonchev–Trinajstić information content (AvgIpc) is 2.89. The molecule has 2 aromatic rings. The van der Waals surface area contributed by atoms with Crippen molar-refractivity contribution in [3.8, 4) is 11.5 Å². The van der Waals surface area contributed by atoms with Gasteiger partial charge in [-0.15, -0.1) is 0 Å². The third-order valence-corrected chi connectivity index (χ3v) is 5.37. The molecule has 0 aromatic heterocycles.